The lowest BCUT2D eigenvalue weighted by molar-refractivity contribution is -0.383. The van der Waals surface area contributed by atoms with Gasteiger partial charge in [-0.25, -0.2) is 0 Å². The Morgan fingerprint density at radius 3 is 2.85 bits per heavy atom. The first-order valence-corrected chi connectivity index (χ1v) is 6.51. The Morgan fingerprint density at radius 2 is 2.15 bits per heavy atom. The number of pyridine rings is 1. The fourth-order valence-corrected chi connectivity index (χ4v) is 2.76. The molecule has 1 aromatic carbocycles. The number of nitro groups is 1. The van der Waals surface area contributed by atoms with Gasteiger partial charge in [-0.05, 0) is 23.9 Å². The third-order valence-electron chi connectivity index (χ3n) is 2.82. The fourth-order valence-electron chi connectivity index (χ4n) is 1.86. The number of nitro benzene ring substituents is 1. The highest BCUT2D eigenvalue weighted by molar-refractivity contribution is 7.99. The quantitative estimate of drug-likeness (QED) is 0.543. The molecule has 8 heteroatoms. The van der Waals surface area contributed by atoms with E-state index in [-0.39, 0.29) is 5.69 Å². The van der Waals surface area contributed by atoms with Crippen LogP contribution in [0.2, 0.25) is 0 Å². The summed E-state index contributed by atoms with van der Waals surface area (Å²) in [4.78, 5) is 15.5. The van der Waals surface area contributed by atoms with Crippen LogP contribution in [-0.4, -0.2) is 24.7 Å². The molecular formula is C12H9N5O2S. The van der Waals surface area contributed by atoms with E-state index in [1.807, 2.05) is 7.05 Å². The molecule has 0 fully saturated rings. The minimum Gasteiger partial charge on any atom is -0.311 e. The van der Waals surface area contributed by atoms with Gasteiger partial charge in [0.1, 0.15) is 6.33 Å². The fraction of sp³-hybridized carbons (Fsp3) is 0.0833. The van der Waals surface area contributed by atoms with Crippen LogP contribution in [0.4, 0.5) is 5.69 Å². The van der Waals surface area contributed by atoms with Gasteiger partial charge in [-0.3, -0.25) is 15.1 Å². The predicted molar refractivity (Wildman–Crippen MR) is 73.5 cm³/mol. The highest BCUT2D eigenvalue weighted by Gasteiger charge is 2.16. The molecular weight excluding hydrogens is 278 g/mol. The zero-order chi connectivity index (χ0) is 14.1. The van der Waals surface area contributed by atoms with E-state index < -0.39 is 4.92 Å². The van der Waals surface area contributed by atoms with E-state index in [9.17, 15) is 10.1 Å². The van der Waals surface area contributed by atoms with Crippen LogP contribution in [0.5, 0.6) is 0 Å². The van der Waals surface area contributed by atoms with Crippen molar-refractivity contribution in [2.45, 2.75) is 10.1 Å². The van der Waals surface area contributed by atoms with E-state index in [4.69, 9.17) is 0 Å². The summed E-state index contributed by atoms with van der Waals surface area (Å²) in [5, 5.41) is 20.9. The Labute approximate surface area is 117 Å². The maximum absolute atomic E-state index is 11.0. The maximum atomic E-state index is 11.0. The van der Waals surface area contributed by atoms with Crippen LogP contribution < -0.4 is 0 Å². The minimum absolute atomic E-state index is 0.0513. The van der Waals surface area contributed by atoms with Crippen molar-refractivity contribution in [3.63, 3.8) is 0 Å². The number of fused-ring (bicyclic) bond motifs is 1. The van der Waals surface area contributed by atoms with E-state index in [2.05, 4.69) is 15.2 Å². The average molecular weight is 287 g/mol. The summed E-state index contributed by atoms with van der Waals surface area (Å²) in [6, 6.07) is 4.98. The minimum atomic E-state index is -0.402. The van der Waals surface area contributed by atoms with Gasteiger partial charge in [0.05, 0.1) is 10.3 Å². The molecule has 2 aromatic heterocycles. The first kappa shape index (κ1) is 12.5. The van der Waals surface area contributed by atoms with E-state index in [0.29, 0.717) is 5.39 Å². The number of non-ortho nitro benzene ring substituents is 1. The van der Waals surface area contributed by atoms with Crippen LogP contribution in [0.3, 0.4) is 0 Å². The molecule has 0 unspecified atom stereocenters. The van der Waals surface area contributed by atoms with Gasteiger partial charge in [0, 0.05) is 35.8 Å². The lowest BCUT2D eigenvalue weighted by Gasteiger charge is -2.05. The van der Waals surface area contributed by atoms with Crippen molar-refractivity contribution >= 4 is 28.2 Å². The molecule has 3 aromatic rings. The van der Waals surface area contributed by atoms with Crippen LogP contribution in [0, 0.1) is 10.1 Å². The Kier molecular flexibility index (Phi) is 3.07. The number of aromatic nitrogens is 4. The van der Waals surface area contributed by atoms with E-state index in [1.54, 1.807) is 29.2 Å². The average Bonchev–Trinajstić information content (AvgIpc) is 2.84. The number of nitrogens with zero attached hydrogens (tertiary/aromatic N) is 5. The van der Waals surface area contributed by atoms with Gasteiger partial charge in [-0.15, -0.1) is 10.2 Å². The third-order valence-corrected chi connectivity index (χ3v) is 3.95. The van der Waals surface area contributed by atoms with Crippen molar-refractivity contribution in [2.24, 2.45) is 7.05 Å². The molecule has 0 spiro atoms. The standard InChI is InChI=1S/C12H9N5O2S/c1-16-7-14-15-12(16)20-11-3-2-10(17(18)19)9-6-13-5-4-8(9)11/h2-7H,1H3. The molecule has 0 saturated heterocycles. The lowest BCUT2D eigenvalue weighted by atomic mass is 10.1. The normalized spacial score (nSPS) is 10.8. The highest BCUT2D eigenvalue weighted by atomic mass is 32.2. The molecule has 0 radical (unpaired) electrons. The molecule has 3 rings (SSSR count). The summed E-state index contributed by atoms with van der Waals surface area (Å²) >= 11 is 1.41. The van der Waals surface area contributed by atoms with Gasteiger partial charge in [-0.2, -0.15) is 0 Å². The van der Waals surface area contributed by atoms with Gasteiger partial charge in [-0.1, -0.05) is 0 Å². The van der Waals surface area contributed by atoms with Crippen LogP contribution in [0.15, 0.2) is 47.0 Å². The Balaban J connectivity index is 2.15. The van der Waals surface area contributed by atoms with Crippen molar-refractivity contribution in [2.75, 3.05) is 0 Å². The monoisotopic (exact) mass is 287 g/mol. The van der Waals surface area contributed by atoms with E-state index in [1.165, 1.54) is 24.0 Å². The molecule has 0 saturated carbocycles. The molecule has 0 aliphatic carbocycles. The Bertz CT molecular complexity index is 801. The number of hydrogen-bond acceptors (Lipinski definition) is 6. The Morgan fingerprint density at radius 1 is 1.30 bits per heavy atom. The summed E-state index contributed by atoms with van der Waals surface area (Å²) in [5.74, 6) is 0. The van der Waals surface area contributed by atoms with Crippen molar-refractivity contribution in [1.29, 1.82) is 0 Å². The zero-order valence-corrected chi connectivity index (χ0v) is 11.2. The van der Waals surface area contributed by atoms with E-state index >= 15 is 0 Å². The molecule has 0 aliphatic rings. The smallest absolute Gasteiger partial charge is 0.278 e. The molecule has 0 bridgehead atoms. The second kappa shape index (κ2) is 4.89. The van der Waals surface area contributed by atoms with Crippen molar-refractivity contribution in [1.82, 2.24) is 19.7 Å². The molecule has 20 heavy (non-hydrogen) atoms. The van der Waals surface area contributed by atoms with Crippen molar-refractivity contribution < 1.29 is 4.92 Å². The molecule has 0 aliphatic heterocycles. The molecule has 7 nitrogen and oxygen atoms in total. The summed E-state index contributed by atoms with van der Waals surface area (Å²) in [5.41, 5.74) is 0.0513. The number of rotatable bonds is 3. The van der Waals surface area contributed by atoms with Crippen LogP contribution in [0.1, 0.15) is 0 Å². The Hall–Kier alpha value is -2.48. The summed E-state index contributed by atoms with van der Waals surface area (Å²) in [6.45, 7) is 0. The van der Waals surface area contributed by atoms with Crippen LogP contribution in [0.25, 0.3) is 10.8 Å². The predicted octanol–water partition coefficient (Wildman–Crippen LogP) is 2.42. The van der Waals surface area contributed by atoms with Crippen molar-refractivity contribution in [3.8, 4) is 0 Å². The van der Waals surface area contributed by atoms with Gasteiger partial charge in [0.25, 0.3) is 5.69 Å². The lowest BCUT2D eigenvalue weighted by Crippen LogP contribution is -1.92. The SMILES string of the molecule is Cn1cnnc1Sc1ccc([N+](=O)[O-])c2cnccc12. The topological polar surface area (TPSA) is 86.7 Å². The first-order valence-electron chi connectivity index (χ1n) is 5.70. The van der Waals surface area contributed by atoms with Gasteiger partial charge < -0.3 is 4.57 Å². The van der Waals surface area contributed by atoms with E-state index in [0.717, 1.165) is 15.4 Å². The zero-order valence-electron chi connectivity index (χ0n) is 10.4. The molecule has 0 amide bonds. The molecule has 100 valence electrons. The number of benzene rings is 1. The van der Waals surface area contributed by atoms with Crippen LogP contribution >= 0.6 is 11.8 Å². The van der Waals surface area contributed by atoms with Crippen LogP contribution in [-0.2, 0) is 7.05 Å². The molecule has 0 atom stereocenters. The second-order valence-corrected chi connectivity index (χ2v) is 5.10. The summed E-state index contributed by atoms with van der Waals surface area (Å²) in [6.07, 6.45) is 4.73. The second-order valence-electron chi connectivity index (χ2n) is 4.09. The number of aryl methyl sites for hydroxylation is 1. The molecule has 0 N–H and O–H groups in total. The largest absolute Gasteiger partial charge is 0.311 e. The highest BCUT2D eigenvalue weighted by Crippen LogP contribution is 2.35. The number of hydrogen-bond donors (Lipinski definition) is 0. The van der Waals surface area contributed by atoms with Gasteiger partial charge >= 0.3 is 0 Å². The van der Waals surface area contributed by atoms with Gasteiger partial charge in [0.2, 0.25) is 0 Å². The van der Waals surface area contributed by atoms with Crippen molar-refractivity contribution in [3.05, 3.63) is 47.0 Å². The van der Waals surface area contributed by atoms with Gasteiger partial charge in [0.15, 0.2) is 5.16 Å². The summed E-state index contributed by atoms with van der Waals surface area (Å²) < 4.78 is 1.79. The molecule has 2 heterocycles. The summed E-state index contributed by atoms with van der Waals surface area (Å²) in [7, 11) is 1.84. The first-order chi connectivity index (χ1) is 9.66. The third kappa shape index (κ3) is 2.10. The maximum Gasteiger partial charge on any atom is 0.278 e.